The number of ether oxygens (including phenoxy) is 1. The molecule has 21 heavy (non-hydrogen) atoms. The molecule has 1 saturated heterocycles. The first-order valence-electron chi connectivity index (χ1n) is 6.53. The van der Waals surface area contributed by atoms with Crippen molar-refractivity contribution in [3.05, 3.63) is 74.8 Å². The molecule has 1 heterocycles. The second-order valence-corrected chi connectivity index (χ2v) is 5.19. The summed E-state index contributed by atoms with van der Waals surface area (Å²) in [5.74, 6) is 0. The third kappa shape index (κ3) is 2.90. The highest BCUT2D eigenvalue weighted by molar-refractivity contribution is 6.31. The van der Waals surface area contributed by atoms with Crippen molar-refractivity contribution in [2.45, 2.75) is 12.3 Å². The number of nitrogens with zero attached hydrogens (tertiary/aromatic N) is 1. The van der Waals surface area contributed by atoms with Gasteiger partial charge in [-0.25, -0.2) is 0 Å². The molecular weight excluding hydrogens is 292 g/mol. The molecule has 0 aliphatic carbocycles. The molecule has 5 nitrogen and oxygen atoms in total. The first kappa shape index (κ1) is 14.0. The number of halogens is 1. The number of non-ortho nitro benzene ring substituents is 1. The van der Waals surface area contributed by atoms with E-state index in [1.54, 1.807) is 12.1 Å². The van der Waals surface area contributed by atoms with Crippen LogP contribution in [0.25, 0.3) is 0 Å². The summed E-state index contributed by atoms with van der Waals surface area (Å²) in [5.41, 5.74) is 1.87. The minimum Gasteiger partial charge on any atom is -0.350 e. The summed E-state index contributed by atoms with van der Waals surface area (Å²) in [7, 11) is 0. The van der Waals surface area contributed by atoms with E-state index in [1.807, 2.05) is 24.3 Å². The summed E-state index contributed by atoms with van der Waals surface area (Å²) >= 11 is 6.16. The molecule has 0 aromatic heterocycles. The van der Waals surface area contributed by atoms with Crippen LogP contribution in [-0.4, -0.2) is 11.5 Å². The average molecular weight is 305 g/mol. The van der Waals surface area contributed by atoms with Gasteiger partial charge in [0.2, 0.25) is 0 Å². The van der Waals surface area contributed by atoms with E-state index >= 15 is 0 Å². The molecule has 2 aromatic carbocycles. The number of rotatable bonds is 3. The van der Waals surface area contributed by atoms with Gasteiger partial charge in [-0.3, -0.25) is 15.4 Å². The number of hydrogen-bond donors (Lipinski definition) is 1. The Bertz CT molecular complexity index is 660. The van der Waals surface area contributed by atoms with Crippen molar-refractivity contribution < 1.29 is 9.66 Å². The normalized spacial score (nSPS) is 21.4. The Kier molecular flexibility index (Phi) is 3.88. The van der Waals surface area contributed by atoms with Gasteiger partial charge in [-0.05, 0) is 23.8 Å². The summed E-state index contributed by atoms with van der Waals surface area (Å²) in [6.45, 7) is 0.633. The van der Waals surface area contributed by atoms with Gasteiger partial charge in [0.15, 0.2) is 0 Å². The van der Waals surface area contributed by atoms with Gasteiger partial charge in [-0.2, -0.15) is 0 Å². The summed E-state index contributed by atoms with van der Waals surface area (Å²) < 4.78 is 5.95. The molecule has 0 amide bonds. The number of hydrogen-bond acceptors (Lipinski definition) is 4. The maximum Gasteiger partial charge on any atom is 0.269 e. The highest BCUT2D eigenvalue weighted by atomic mass is 35.5. The predicted octanol–water partition coefficient (Wildman–Crippen LogP) is 3.61. The Balaban J connectivity index is 1.75. The average Bonchev–Trinajstić information content (AvgIpc) is 2.97. The summed E-state index contributed by atoms with van der Waals surface area (Å²) in [6, 6.07) is 13.9. The van der Waals surface area contributed by atoms with Gasteiger partial charge >= 0.3 is 0 Å². The Morgan fingerprint density at radius 3 is 2.57 bits per heavy atom. The highest BCUT2D eigenvalue weighted by Crippen LogP contribution is 2.33. The second kappa shape index (κ2) is 5.81. The monoisotopic (exact) mass is 304 g/mol. The lowest BCUT2D eigenvalue weighted by atomic mass is 10.1. The minimum atomic E-state index is -0.413. The standard InChI is InChI=1S/C15H13ClN2O3/c16-13-4-2-1-3-12(13)15-17-9-14(21-15)10-5-7-11(8-6-10)18(19)20/h1-8,14-15,17H,9H2. The van der Waals surface area contributed by atoms with Crippen molar-refractivity contribution >= 4 is 17.3 Å². The molecule has 2 aromatic rings. The van der Waals surface area contributed by atoms with Crippen LogP contribution >= 0.6 is 11.6 Å². The van der Waals surface area contributed by atoms with Gasteiger partial charge < -0.3 is 4.74 Å². The van der Waals surface area contributed by atoms with Crippen molar-refractivity contribution in [1.29, 1.82) is 0 Å². The second-order valence-electron chi connectivity index (χ2n) is 4.78. The van der Waals surface area contributed by atoms with Crippen LogP contribution in [0.1, 0.15) is 23.5 Å². The van der Waals surface area contributed by atoms with E-state index < -0.39 is 4.92 Å². The third-order valence-electron chi connectivity index (χ3n) is 3.45. The van der Waals surface area contributed by atoms with Crippen LogP contribution in [0.5, 0.6) is 0 Å². The van der Waals surface area contributed by atoms with E-state index in [1.165, 1.54) is 12.1 Å². The SMILES string of the molecule is O=[N+]([O-])c1ccc(C2CNC(c3ccccc3Cl)O2)cc1. The van der Waals surface area contributed by atoms with Crippen molar-refractivity contribution in [2.24, 2.45) is 0 Å². The van der Waals surface area contributed by atoms with E-state index in [0.717, 1.165) is 11.1 Å². The lowest BCUT2D eigenvalue weighted by Crippen LogP contribution is -2.14. The fourth-order valence-electron chi connectivity index (χ4n) is 2.35. The van der Waals surface area contributed by atoms with Crippen molar-refractivity contribution in [3.63, 3.8) is 0 Å². The third-order valence-corrected chi connectivity index (χ3v) is 3.80. The Hall–Kier alpha value is -1.95. The fraction of sp³-hybridized carbons (Fsp3) is 0.200. The summed E-state index contributed by atoms with van der Waals surface area (Å²) in [6.07, 6.45) is -0.411. The van der Waals surface area contributed by atoms with Crippen molar-refractivity contribution in [3.8, 4) is 0 Å². The molecular formula is C15H13ClN2O3. The molecule has 3 rings (SSSR count). The van der Waals surface area contributed by atoms with Gasteiger partial charge in [0.05, 0.1) is 11.0 Å². The van der Waals surface area contributed by atoms with E-state index in [0.29, 0.717) is 11.6 Å². The predicted molar refractivity (Wildman–Crippen MR) is 79.1 cm³/mol. The molecule has 1 fully saturated rings. The molecule has 1 aliphatic heterocycles. The summed E-state index contributed by atoms with van der Waals surface area (Å²) in [4.78, 5) is 10.2. The molecule has 108 valence electrons. The van der Waals surface area contributed by atoms with Gasteiger partial charge in [0.25, 0.3) is 5.69 Å². The van der Waals surface area contributed by atoms with Gasteiger partial charge in [0.1, 0.15) is 6.23 Å². The van der Waals surface area contributed by atoms with Crippen LogP contribution in [0.4, 0.5) is 5.69 Å². The zero-order valence-electron chi connectivity index (χ0n) is 11.0. The van der Waals surface area contributed by atoms with Crippen molar-refractivity contribution in [1.82, 2.24) is 5.32 Å². The molecule has 2 atom stereocenters. The number of benzene rings is 2. The molecule has 0 spiro atoms. The molecule has 6 heteroatoms. The van der Waals surface area contributed by atoms with Crippen molar-refractivity contribution in [2.75, 3.05) is 6.54 Å². The molecule has 0 saturated carbocycles. The lowest BCUT2D eigenvalue weighted by Gasteiger charge is -2.14. The number of nitro groups is 1. The molecule has 0 bridgehead atoms. The van der Waals surface area contributed by atoms with E-state index in [4.69, 9.17) is 16.3 Å². The van der Waals surface area contributed by atoms with Crippen LogP contribution in [0.15, 0.2) is 48.5 Å². The van der Waals surface area contributed by atoms with E-state index in [2.05, 4.69) is 5.32 Å². The number of nitrogens with one attached hydrogen (secondary N) is 1. The van der Waals surface area contributed by atoms with Gasteiger partial charge in [0, 0.05) is 29.3 Å². The van der Waals surface area contributed by atoms with Crippen LogP contribution in [-0.2, 0) is 4.74 Å². The maximum absolute atomic E-state index is 10.7. The number of nitro benzene ring substituents is 1. The first-order chi connectivity index (χ1) is 10.1. The van der Waals surface area contributed by atoms with E-state index in [-0.39, 0.29) is 18.0 Å². The molecule has 1 aliphatic rings. The molecule has 2 unspecified atom stereocenters. The zero-order valence-corrected chi connectivity index (χ0v) is 11.8. The van der Waals surface area contributed by atoms with Crippen LogP contribution in [0.2, 0.25) is 5.02 Å². The Morgan fingerprint density at radius 1 is 1.19 bits per heavy atom. The minimum absolute atomic E-state index is 0.0763. The maximum atomic E-state index is 10.7. The largest absolute Gasteiger partial charge is 0.350 e. The molecule has 0 radical (unpaired) electrons. The first-order valence-corrected chi connectivity index (χ1v) is 6.90. The fourth-order valence-corrected chi connectivity index (χ4v) is 2.59. The van der Waals surface area contributed by atoms with E-state index in [9.17, 15) is 10.1 Å². The topological polar surface area (TPSA) is 64.4 Å². The molecule has 1 N–H and O–H groups in total. The quantitative estimate of drug-likeness (QED) is 0.695. The van der Waals surface area contributed by atoms with Crippen LogP contribution < -0.4 is 5.32 Å². The zero-order chi connectivity index (χ0) is 14.8. The van der Waals surface area contributed by atoms with Gasteiger partial charge in [-0.1, -0.05) is 29.8 Å². The smallest absolute Gasteiger partial charge is 0.269 e. The highest BCUT2D eigenvalue weighted by Gasteiger charge is 2.28. The Labute approximate surface area is 126 Å². The van der Waals surface area contributed by atoms with Crippen LogP contribution in [0.3, 0.4) is 0 Å². The van der Waals surface area contributed by atoms with Crippen LogP contribution in [0, 0.1) is 10.1 Å². The van der Waals surface area contributed by atoms with Gasteiger partial charge in [-0.15, -0.1) is 0 Å². The lowest BCUT2D eigenvalue weighted by molar-refractivity contribution is -0.384. The summed E-state index contributed by atoms with van der Waals surface area (Å²) in [5, 5.41) is 14.6. The Morgan fingerprint density at radius 2 is 1.90 bits per heavy atom.